The van der Waals surface area contributed by atoms with E-state index in [2.05, 4.69) is 10.3 Å². The van der Waals surface area contributed by atoms with Gasteiger partial charge in [-0.25, -0.2) is 9.78 Å². The van der Waals surface area contributed by atoms with E-state index in [9.17, 15) is 9.59 Å². The van der Waals surface area contributed by atoms with Gasteiger partial charge in [0.25, 0.3) is 5.91 Å². The number of carboxylic acid groups (broad SMARTS) is 1. The number of hydrogen-bond donors (Lipinski definition) is 2. The van der Waals surface area contributed by atoms with Gasteiger partial charge in [-0.2, -0.15) is 0 Å². The van der Waals surface area contributed by atoms with Crippen LogP contribution in [0.15, 0.2) is 29.6 Å². The fourth-order valence-corrected chi connectivity index (χ4v) is 2.64. The van der Waals surface area contributed by atoms with Crippen LogP contribution in [0.4, 0.5) is 0 Å². The number of carbonyl (C=O) groups is 2. The Labute approximate surface area is 143 Å². The first-order valence-corrected chi connectivity index (χ1v) is 8.27. The number of aromatic carboxylic acids is 1. The molecule has 0 aliphatic rings. The number of amides is 1. The third kappa shape index (κ3) is 5.24. The summed E-state index contributed by atoms with van der Waals surface area (Å²) in [5.41, 5.74) is 0.0252. The standard InChI is InChI=1S/C16H18N2O5S/c1-2-22-12-5-3-4-6-13(12)23-9-14(19)17-8-7-15-18-11(10-24-15)16(20)21/h3-6,10H,2,7-9H2,1H3,(H,17,19)(H,20,21). The number of hydrogen-bond acceptors (Lipinski definition) is 6. The molecule has 7 nitrogen and oxygen atoms in total. The maximum Gasteiger partial charge on any atom is 0.355 e. The number of aromatic nitrogens is 1. The molecule has 1 aromatic heterocycles. The van der Waals surface area contributed by atoms with E-state index in [0.717, 1.165) is 0 Å². The van der Waals surface area contributed by atoms with Crippen molar-refractivity contribution in [1.82, 2.24) is 10.3 Å². The number of rotatable bonds is 9. The lowest BCUT2D eigenvalue weighted by Gasteiger charge is -2.11. The Morgan fingerprint density at radius 2 is 1.96 bits per heavy atom. The Hall–Kier alpha value is -2.61. The second-order valence-electron chi connectivity index (χ2n) is 4.70. The molecule has 0 atom stereocenters. The number of nitrogens with one attached hydrogen (secondary N) is 1. The average molecular weight is 350 g/mol. The van der Waals surface area contributed by atoms with Gasteiger partial charge in [0.05, 0.1) is 11.6 Å². The first-order chi connectivity index (χ1) is 11.6. The summed E-state index contributed by atoms with van der Waals surface area (Å²) in [4.78, 5) is 26.5. The molecule has 1 heterocycles. The van der Waals surface area contributed by atoms with Gasteiger partial charge in [-0.3, -0.25) is 4.79 Å². The topological polar surface area (TPSA) is 97.8 Å². The Kier molecular flexibility index (Phi) is 6.56. The van der Waals surface area contributed by atoms with Crippen LogP contribution < -0.4 is 14.8 Å². The lowest BCUT2D eigenvalue weighted by Crippen LogP contribution is -2.30. The molecule has 0 spiro atoms. The SMILES string of the molecule is CCOc1ccccc1OCC(=O)NCCc1nc(C(=O)O)cs1. The van der Waals surface area contributed by atoms with Gasteiger partial charge in [0, 0.05) is 18.3 Å². The van der Waals surface area contributed by atoms with E-state index in [4.69, 9.17) is 14.6 Å². The summed E-state index contributed by atoms with van der Waals surface area (Å²) in [6, 6.07) is 7.15. The van der Waals surface area contributed by atoms with Crippen molar-refractivity contribution < 1.29 is 24.2 Å². The van der Waals surface area contributed by atoms with Crippen molar-refractivity contribution >= 4 is 23.2 Å². The molecule has 0 bridgehead atoms. The van der Waals surface area contributed by atoms with Gasteiger partial charge in [0.15, 0.2) is 23.8 Å². The first-order valence-electron chi connectivity index (χ1n) is 7.39. The van der Waals surface area contributed by atoms with Crippen LogP contribution in [0.25, 0.3) is 0 Å². The van der Waals surface area contributed by atoms with E-state index in [-0.39, 0.29) is 18.2 Å². The van der Waals surface area contributed by atoms with Gasteiger partial charge < -0.3 is 19.9 Å². The first kappa shape index (κ1) is 17.7. The Morgan fingerprint density at radius 1 is 1.25 bits per heavy atom. The highest BCUT2D eigenvalue weighted by Crippen LogP contribution is 2.26. The monoisotopic (exact) mass is 350 g/mol. The van der Waals surface area contributed by atoms with Gasteiger partial charge >= 0.3 is 5.97 Å². The van der Waals surface area contributed by atoms with Crippen LogP contribution in [-0.2, 0) is 11.2 Å². The summed E-state index contributed by atoms with van der Waals surface area (Å²) in [5.74, 6) is -0.212. The molecule has 1 aromatic carbocycles. The molecule has 8 heteroatoms. The maximum atomic E-state index is 11.8. The number of benzene rings is 1. The molecule has 0 aliphatic carbocycles. The highest BCUT2D eigenvalue weighted by atomic mass is 32.1. The summed E-state index contributed by atoms with van der Waals surface area (Å²) in [7, 11) is 0. The third-order valence-electron chi connectivity index (χ3n) is 2.94. The molecule has 0 fully saturated rings. The number of nitrogens with zero attached hydrogens (tertiary/aromatic N) is 1. The molecule has 0 radical (unpaired) electrons. The minimum absolute atomic E-state index is 0.0252. The van der Waals surface area contributed by atoms with Gasteiger partial charge in [-0.05, 0) is 19.1 Å². The van der Waals surface area contributed by atoms with Gasteiger partial charge in [-0.15, -0.1) is 11.3 Å². The molecule has 24 heavy (non-hydrogen) atoms. The van der Waals surface area contributed by atoms with Crippen LogP contribution in [0.3, 0.4) is 0 Å². The fourth-order valence-electron chi connectivity index (χ4n) is 1.87. The number of carbonyl (C=O) groups excluding carboxylic acids is 1. The van der Waals surface area contributed by atoms with Crippen LogP contribution in [0.5, 0.6) is 11.5 Å². The van der Waals surface area contributed by atoms with Crippen molar-refractivity contribution in [3.05, 3.63) is 40.3 Å². The molecule has 0 saturated heterocycles. The molecular weight excluding hydrogens is 332 g/mol. The number of para-hydroxylation sites is 2. The van der Waals surface area contributed by atoms with Crippen LogP contribution >= 0.6 is 11.3 Å². The van der Waals surface area contributed by atoms with E-state index < -0.39 is 5.97 Å². The van der Waals surface area contributed by atoms with Crippen molar-refractivity contribution in [3.63, 3.8) is 0 Å². The Morgan fingerprint density at radius 3 is 2.58 bits per heavy atom. The summed E-state index contributed by atoms with van der Waals surface area (Å²) in [6.07, 6.45) is 0.471. The Balaban J connectivity index is 1.74. The van der Waals surface area contributed by atoms with Crippen molar-refractivity contribution in [2.75, 3.05) is 19.8 Å². The van der Waals surface area contributed by atoms with E-state index in [1.165, 1.54) is 16.7 Å². The fraction of sp³-hybridized carbons (Fsp3) is 0.312. The highest BCUT2D eigenvalue weighted by molar-refractivity contribution is 7.09. The second-order valence-corrected chi connectivity index (χ2v) is 5.64. The maximum absolute atomic E-state index is 11.8. The minimum Gasteiger partial charge on any atom is -0.490 e. The molecular formula is C16H18N2O5S. The predicted octanol–water partition coefficient (Wildman–Crippen LogP) is 1.98. The van der Waals surface area contributed by atoms with Gasteiger partial charge in [0.2, 0.25) is 0 Å². The molecule has 2 N–H and O–H groups in total. The molecule has 2 rings (SSSR count). The highest BCUT2D eigenvalue weighted by Gasteiger charge is 2.10. The quantitative estimate of drug-likeness (QED) is 0.718. The number of carboxylic acids is 1. The van der Waals surface area contributed by atoms with E-state index in [1.54, 1.807) is 18.2 Å². The van der Waals surface area contributed by atoms with Crippen LogP contribution in [-0.4, -0.2) is 41.7 Å². The van der Waals surface area contributed by atoms with E-state index >= 15 is 0 Å². The minimum atomic E-state index is -1.05. The zero-order valence-electron chi connectivity index (χ0n) is 13.2. The van der Waals surface area contributed by atoms with E-state index in [0.29, 0.717) is 36.1 Å². The zero-order chi connectivity index (χ0) is 17.4. The molecule has 0 unspecified atom stereocenters. The lowest BCUT2D eigenvalue weighted by molar-refractivity contribution is -0.123. The van der Waals surface area contributed by atoms with Gasteiger partial charge in [0.1, 0.15) is 0 Å². The smallest absolute Gasteiger partial charge is 0.355 e. The van der Waals surface area contributed by atoms with E-state index in [1.807, 2.05) is 13.0 Å². The van der Waals surface area contributed by atoms with Crippen molar-refractivity contribution in [3.8, 4) is 11.5 Å². The summed E-state index contributed by atoms with van der Waals surface area (Å²) in [5, 5.41) is 13.6. The van der Waals surface area contributed by atoms with Crippen molar-refractivity contribution in [1.29, 1.82) is 0 Å². The summed E-state index contributed by atoms with van der Waals surface area (Å²) in [6.45, 7) is 2.63. The Bertz CT molecular complexity index is 701. The third-order valence-corrected chi connectivity index (χ3v) is 3.85. The van der Waals surface area contributed by atoms with Crippen LogP contribution in [0.1, 0.15) is 22.4 Å². The molecule has 0 aliphatic heterocycles. The average Bonchev–Trinajstić information content (AvgIpc) is 3.03. The molecule has 0 saturated carbocycles. The largest absolute Gasteiger partial charge is 0.490 e. The molecule has 2 aromatic rings. The second kappa shape index (κ2) is 8.88. The normalized spacial score (nSPS) is 10.2. The molecule has 128 valence electrons. The zero-order valence-corrected chi connectivity index (χ0v) is 14.0. The van der Waals surface area contributed by atoms with Crippen LogP contribution in [0, 0.1) is 0 Å². The van der Waals surface area contributed by atoms with Crippen LogP contribution in [0.2, 0.25) is 0 Å². The summed E-state index contributed by atoms with van der Waals surface area (Å²) >= 11 is 1.26. The number of ether oxygens (including phenoxy) is 2. The number of thiazole rings is 1. The van der Waals surface area contributed by atoms with Crippen molar-refractivity contribution in [2.24, 2.45) is 0 Å². The lowest BCUT2D eigenvalue weighted by atomic mass is 10.3. The van der Waals surface area contributed by atoms with Crippen molar-refractivity contribution in [2.45, 2.75) is 13.3 Å². The molecule has 1 amide bonds. The summed E-state index contributed by atoms with van der Waals surface area (Å²) < 4.78 is 10.9. The predicted molar refractivity (Wildman–Crippen MR) is 88.9 cm³/mol. The van der Waals surface area contributed by atoms with Gasteiger partial charge in [-0.1, -0.05) is 12.1 Å².